The van der Waals surface area contributed by atoms with E-state index in [4.69, 9.17) is 6.42 Å². The molecule has 0 aliphatic heterocycles. The summed E-state index contributed by atoms with van der Waals surface area (Å²) in [6.07, 6.45) is 1.27. The zero-order chi connectivity index (χ0) is 11.7. The van der Waals surface area contributed by atoms with Gasteiger partial charge in [-0.1, -0.05) is 0 Å². The van der Waals surface area contributed by atoms with Gasteiger partial charge in [0.1, 0.15) is 0 Å². The van der Waals surface area contributed by atoms with Crippen LogP contribution in [0.25, 0.3) is 0 Å². The van der Waals surface area contributed by atoms with E-state index in [-0.39, 0.29) is 0 Å². The number of amides is 1. The minimum Gasteiger partial charge on any atom is -0.356 e. The summed E-state index contributed by atoms with van der Waals surface area (Å²) in [5.41, 5.74) is 0. The van der Waals surface area contributed by atoms with Gasteiger partial charge in [-0.2, -0.15) is 13.2 Å². The maximum absolute atomic E-state index is 11.7. The van der Waals surface area contributed by atoms with Crippen LogP contribution in [0.3, 0.4) is 0 Å². The van der Waals surface area contributed by atoms with E-state index in [9.17, 15) is 18.0 Å². The highest BCUT2D eigenvalue weighted by molar-refractivity contribution is 5.75. The van der Waals surface area contributed by atoms with Gasteiger partial charge in [0.25, 0.3) is 0 Å². The summed E-state index contributed by atoms with van der Waals surface area (Å²) in [4.78, 5) is 10.9. The topological polar surface area (TPSA) is 29.1 Å². The predicted octanol–water partition coefficient (Wildman–Crippen LogP) is 2.25. The van der Waals surface area contributed by atoms with Crippen LogP contribution in [0.1, 0.15) is 32.1 Å². The van der Waals surface area contributed by atoms with Crippen LogP contribution >= 0.6 is 0 Å². The van der Waals surface area contributed by atoms with Crippen LogP contribution < -0.4 is 5.32 Å². The maximum Gasteiger partial charge on any atom is 0.389 e. The van der Waals surface area contributed by atoms with Crippen molar-refractivity contribution >= 4 is 5.91 Å². The van der Waals surface area contributed by atoms with E-state index < -0.39 is 24.9 Å². The van der Waals surface area contributed by atoms with Crippen LogP contribution in [-0.2, 0) is 4.79 Å². The van der Waals surface area contributed by atoms with Gasteiger partial charge in [0.15, 0.2) is 0 Å². The smallest absolute Gasteiger partial charge is 0.356 e. The van der Waals surface area contributed by atoms with Crippen LogP contribution in [0, 0.1) is 12.3 Å². The summed E-state index contributed by atoms with van der Waals surface area (Å²) in [7, 11) is 0. The van der Waals surface area contributed by atoms with Crippen LogP contribution in [0.4, 0.5) is 13.2 Å². The zero-order valence-electron chi connectivity index (χ0n) is 8.36. The fourth-order valence-corrected chi connectivity index (χ4v) is 0.924. The Hall–Kier alpha value is -1.18. The van der Waals surface area contributed by atoms with Crippen molar-refractivity contribution in [1.29, 1.82) is 0 Å². The predicted molar refractivity (Wildman–Crippen MR) is 51.0 cm³/mol. The standard InChI is InChI=1S/C10H14F3NO/c1-2-3-4-5-8-14-9(15)6-7-10(11,12)13/h1H,3-8H2,(H,14,15). The van der Waals surface area contributed by atoms with Gasteiger partial charge in [0.05, 0.1) is 6.42 Å². The maximum atomic E-state index is 11.7. The first kappa shape index (κ1) is 13.8. The van der Waals surface area contributed by atoms with Crippen molar-refractivity contribution in [1.82, 2.24) is 5.32 Å². The minimum atomic E-state index is -4.26. The molecule has 1 amide bonds. The number of carbonyl (C=O) groups excluding carboxylic acids is 1. The molecule has 0 aliphatic rings. The van der Waals surface area contributed by atoms with Crippen LogP contribution in [0.5, 0.6) is 0 Å². The van der Waals surface area contributed by atoms with Crippen molar-refractivity contribution in [2.24, 2.45) is 0 Å². The number of alkyl halides is 3. The lowest BCUT2D eigenvalue weighted by atomic mass is 10.2. The highest BCUT2D eigenvalue weighted by Crippen LogP contribution is 2.20. The second kappa shape index (κ2) is 7.16. The summed E-state index contributed by atoms with van der Waals surface area (Å²) in [6.45, 7) is 0.387. The van der Waals surface area contributed by atoms with E-state index in [0.29, 0.717) is 19.4 Å². The average molecular weight is 221 g/mol. The Bertz CT molecular complexity index is 230. The fraction of sp³-hybridized carbons (Fsp3) is 0.700. The molecule has 0 saturated carbocycles. The number of hydrogen-bond acceptors (Lipinski definition) is 1. The van der Waals surface area contributed by atoms with Crippen molar-refractivity contribution in [3.8, 4) is 12.3 Å². The summed E-state index contributed by atoms with van der Waals surface area (Å²) < 4.78 is 35.1. The lowest BCUT2D eigenvalue weighted by Gasteiger charge is -2.06. The molecule has 0 aliphatic carbocycles. The summed E-state index contributed by atoms with van der Waals surface area (Å²) in [5.74, 6) is 1.88. The molecule has 0 fully saturated rings. The minimum absolute atomic E-state index is 0.387. The fourth-order valence-electron chi connectivity index (χ4n) is 0.924. The first-order valence-electron chi connectivity index (χ1n) is 4.72. The highest BCUT2D eigenvalue weighted by Gasteiger charge is 2.27. The molecule has 15 heavy (non-hydrogen) atoms. The Balaban J connectivity index is 3.39. The van der Waals surface area contributed by atoms with Gasteiger partial charge in [0.2, 0.25) is 5.91 Å². The molecule has 0 aromatic rings. The number of halogens is 3. The van der Waals surface area contributed by atoms with Gasteiger partial charge < -0.3 is 5.32 Å². The second-order valence-corrected chi connectivity index (χ2v) is 3.13. The molecule has 0 bridgehead atoms. The normalized spacial score (nSPS) is 10.8. The number of carbonyl (C=O) groups is 1. The van der Waals surface area contributed by atoms with Crippen molar-refractivity contribution in [2.75, 3.05) is 6.54 Å². The summed E-state index contributed by atoms with van der Waals surface area (Å²) in [6, 6.07) is 0. The lowest BCUT2D eigenvalue weighted by Crippen LogP contribution is -2.25. The molecule has 0 atom stereocenters. The lowest BCUT2D eigenvalue weighted by molar-refractivity contribution is -0.144. The van der Waals surface area contributed by atoms with Gasteiger partial charge in [0, 0.05) is 19.4 Å². The zero-order valence-corrected chi connectivity index (χ0v) is 8.36. The molecule has 86 valence electrons. The summed E-state index contributed by atoms with van der Waals surface area (Å²) >= 11 is 0. The number of rotatable bonds is 6. The molecule has 0 radical (unpaired) electrons. The van der Waals surface area contributed by atoms with Gasteiger partial charge in [-0.15, -0.1) is 12.3 Å². The van der Waals surface area contributed by atoms with Crippen molar-refractivity contribution < 1.29 is 18.0 Å². The molecule has 0 aromatic carbocycles. The Labute approximate surface area is 87.2 Å². The van der Waals surface area contributed by atoms with E-state index in [1.54, 1.807) is 0 Å². The van der Waals surface area contributed by atoms with Gasteiger partial charge in [-0.3, -0.25) is 4.79 Å². The Morgan fingerprint density at radius 1 is 1.33 bits per heavy atom. The van der Waals surface area contributed by atoms with Crippen molar-refractivity contribution in [2.45, 2.75) is 38.3 Å². The van der Waals surface area contributed by atoms with E-state index in [1.807, 2.05) is 0 Å². The molecule has 0 saturated heterocycles. The van der Waals surface area contributed by atoms with Crippen LogP contribution in [0.2, 0.25) is 0 Å². The SMILES string of the molecule is C#CCCCCNC(=O)CCC(F)(F)F. The van der Waals surface area contributed by atoms with Crippen molar-refractivity contribution in [3.63, 3.8) is 0 Å². The largest absolute Gasteiger partial charge is 0.389 e. The quantitative estimate of drug-likeness (QED) is 0.541. The molecule has 5 heteroatoms. The molecule has 0 spiro atoms. The molecule has 0 unspecified atom stereocenters. The van der Waals surface area contributed by atoms with Gasteiger partial charge >= 0.3 is 6.18 Å². The molecule has 1 N–H and O–H groups in total. The molecular weight excluding hydrogens is 207 g/mol. The number of nitrogens with one attached hydrogen (secondary N) is 1. The highest BCUT2D eigenvalue weighted by atomic mass is 19.4. The Kier molecular flexibility index (Phi) is 6.59. The van der Waals surface area contributed by atoms with E-state index in [1.165, 1.54) is 0 Å². The van der Waals surface area contributed by atoms with E-state index in [0.717, 1.165) is 6.42 Å². The number of terminal acetylenes is 1. The number of unbranched alkanes of at least 4 members (excludes halogenated alkanes) is 2. The Morgan fingerprint density at radius 2 is 2.00 bits per heavy atom. The first-order valence-corrected chi connectivity index (χ1v) is 4.72. The molecule has 0 aromatic heterocycles. The second-order valence-electron chi connectivity index (χ2n) is 3.13. The van der Waals surface area contributed by atoms with Crippen LogP contribution in [-0.4, -0.2) is 18.6 Å². The van der Waals surface area contributed by atoms with Crippen molar-refractivity contribution in [3.05, 3.63) is 0 Å². The summed E-state index contributed by atoms with van der Waals surface area (Å²) in [5, 5.41) is 2.41. The molecule has 2 nitrogen and oxygen atoms in total. The van der Waals surface area contributed by atoms with E-state index >= 15 is 0 Å². The third kappa shape index (κ3) is 10.7. The molecule has 0 rings (SSSR count). The van der Waals surface area contributed by atoms with Gasteiger partial charge in [-0.05, 0) is 12.8 Å². The molecular formula is C10H14F3NO. The van der Waals surface area contributed by atoms with E-state index in [2.05, 4.69) is 11.2 Å². The third-order valence-electron chi connectivity index (χ3n) is 1.71. The third-order valence-corrected chi connectivity index (χ3v) is 1.71. The number of hydrogen-bond donors (Lipinski definition) is 1. The average Bonchev–Trinajstić information content (AvgIpc) is 2.13. The first-order chi connectivity index (χ1) is 6.95. The molecule has 0 heterocycles. The monoisotopic (exact) mass is 221 g/mol. The van der Waals surface area contributed by atoms with Gasteiger partial charge in [-0.25, -0.2) is 0 Å². The van der Waals surface area contributed by atoms with Crippen LogP contribution in [0.15, 0.2) is 0 Å². The Morgan fingerprint density at radius 3 is 2.53 bits per heavy atom.